The van der Waals surface area contributed by atoms with E-state index in [9.17, 15) is 0 Å². The van der Waals surface area contributed by atoms with Crippen LogP contribution in [-0.2, 0) is 6.54 Å². The van der Waals surface area contributed by atoms with Crippen LogP contribution in [0.4, 0.5) is 5.82 Å². The molecule has 5 nitrogen and oxygen atoms in total. The molecule has 1 saturated heterocycles. The van der Waals surface area contributed by atoms with Crippen molar-refractivity contribution in [3.8, 4) is 0 Å². The Labute approximate surface area is 151 Å². The third-order valence-electron chi connectivity index (χ3n) is 5.05. The second kappa shape index (κ2) is 9.44. The summed E-state index contributed by atoms with van der Waals surface area (Å²) in [4.78, 5) is 11.2. The Balaban J connectivity index is 1.44. The van der Waals surface area contributed by atoms with E-state index in [0.717, 1.165) is 44.4 Å². The van der Waals surface area contributed by atoms with E-state index in [1.807, 2.05) is 13.2 Å². The Bertz CT molecular complexity index is 602. The number of hydrogen-bond donors (Lipinski definition) is 2. The first-order valence-electron chi connectivity index (χ1n) is 9.67. The van der Waals surface area contributed by atoms with Gasteiger partial charge in [-0.25, -0.2) is 4.98 Å². The second-order valence-electron chi connectivity index (χ2n) is 6.93. The third kappa shape index (κ3) is 5.48. The van der Waals surface area contributed by atoms with Crippen molar-refractivity contribution in [3.63, 3.8) is 0 Å². The van der Waals surface area contributed by atoms with Crippen LogP contribution in [0.1, 0.15) is 50.5 Å². The second-order valence-corrected chi connectivity index (χ2v) is 6.93. The number of rotatable bonds is 6. The predicted molar refractivity (Wildman–Crippen MR) is 105 cm³/mol. The number of hydrogen-bond acceptors (Lipinski definition) is 3. The van der Waals surface area contributed by atoms with Crippen molar-refractivity contribution in [2.45, 2.75) is 51.5 Å². The fraction of sp³-hybridized carbons (Fsp3) is 0.600. The van der Waals surface area contributed by atoms with E-state index in [0.29, 0.717) is 0 Å². The van der Waals surface area contributed by atoms with Crippen LogP contribution >= 0.6 is 0 Å². The quantitative estimate of drug-likeness (QED) is 0.474. The summed E-state index contributed by atoms with van der Waals surface area (Å²) in [5.41, 5.74) is 2.84. The van der Waals surface area contributed by atoms with E-state index in [1.165, 1.54) is 44.1 Å². The van der Waals surface area contributed by atoms with Crippen LogP contribution in [0.15, 0.2) is 35.0 Å². The molecule has 1 aliphatic carbocycles. The summed E-state index contributed by atoms with van der Waals surface area (Å²) in [7, 11) is 1.83. The topological polar surface area (TPSA) is 52.6 Å². The molecule has 0 atom stereocenters. The molecule has 2 heterocycles. The predicted octanol–water partition coefficient (Wildman–Crippen LogP) is 3.24. The lowest BCUT2D eigenvalue weighted by Crippen LogP contribution is -2.37. The average molecular weight is 342 g/mol. The molecule has 136 valence electrons. The third-order valence-corrected chi connectivity index (χ3v) is 5.05. The first-order valence-corrected chi connectivity index (χ1v) is 9.67. The zero-order valence-corrected chi connectivity index (χ0v) is 15.4. The Morgan fingerprint density at radius 3 is 2.84 bits per heavy atom. The maximum atomic E-state index is 4.52. The van der Waals surface area contributed by atoms with Gasteiger partial charge in [0.05, 0.1) is 0 Å². The maximum Gasteiger partial charge on any atom is 0.191 e. The monoisotopic (exact) mass is 341 g/mol. The lowest BCUT2D eigenvalue weighted by molar-refractivity contribution is 0.665. The lowest BCUT2D eigenvalue weighted by Gasteiger charge is -2.18. The van der Waals surface area contributed by atoms with E-state index in [2.05, 4.69) is 43.7 Å². The number of pyridine rings is 1. The van der Waals surface area contributed by atoms with E-state index in [1.54, 1.807) is 5.57 Å². The molecule has 2 N–H and O–H groups in total. The Hall–Kier alpha value is -2.04. The highest BCUT2D eigenvalue weighted by atomic mass is 15.2. The van der Waals surface area contributed by atoms with Gasteiger partial charge in [-0.2, -0.15) is 0 Å². The molecule has 0 saturated carbocycles. The lowest BCUT2D eigenvalue weighted by atomic mass is 9.97. The maximum absolute atomic E-state index is 4.52. The number of aromatic nitrogens is 1. The summed E-state index contributed by atoms with van der Waals surface area (Å²) in [5, 5.41) is 6.84. The van der Waals surface area contributed by atoms with Crippen LogP contribution in [0.5, 0.6) is 0 Å². The summed E-state index contributed by atoms with van der Waals surface area (Å²) >= 11 is 0. The van der Waals surface area contributed by atoms with Crippen molar-refractivity contribution in [2.75, 3.05) is 31.6 Å². The highest BCUT2D eigenvalue weighted by molar-refractivity contribution is 5.79. The summed E-state index contributed by atoms with van der Waals surface area (Å²) in [6.45, 7) is 3.97. The highest BCUT2D eigenvalue weighted by Gasteiger charge is 2.13. The van der Waals surface area contributed by atoms with Crippen LogP contribution in [0.2, 0.25) is 0 Å². The Morgan fingerprint density at radius 2 is 2.08 bits per heavy atom. The minimum atomic E-state index is 0.770. The van der Waals surface area contributed by atoms with Gasteiger partial charge in [0.1, 0.15) is 5.82 Å². The number of guanidine groups is 1. The number of anilines is 1. The SMILES string of the molecule is CN=C(NCCC1=CCCCC1)NCc1ccnc(N2CCCC2)c1. The minimum absolute atomic E-state index is 0.770. The molecule has 0 bridgehead atoms. The van der Waals surface area contributed by atoms with Crippen molar-refractivity contribution >= 4 is 11.8 Å². The average Bonchev–Trinajstić information content (AvgIpc) is 3.20. The molecule has 1 aromatic heterocycles. The normalized spacial score (nSPS) is 18.2. The first kappa shape index (κ1) is 17.8. The number of allylic oxidation sites excluding steroid dienone is 1. The zero-order chi connectivity index (χ0) is 17.3. The van der Waals surface area contributed by atoms with Gasteiger partial charge in [-0.1, -0.05) is 11.6 Å². The van der Waals surface area contributed by atoms with Gasteiger partial charge < -0.3 is 15.5 Å². The van der Waals surface area contributed by atoms with Crippen molar-refractivity contribution < 1.29 is 0 Å². The molecular formula is C20H31N5. The molecular weight excluding hydrogens is 310 g/mol. The largest absolute Gasteiger partial charge is 0.357 e. The standard InChI is InChI=1S/C20H31N5/c1-21-20(23-12-9-17-7-3-2-4-8-17)24-16-18-10-11-22-19(15-18)25-13-5-6-14-25/h7,10-11,15H,2-6,8-9,12-14,16H2,1H3,(H2,21,23,24). The summed E-state index contributed by atoms with van der Waals surface area (Å²) in [6, 6.07) is 4.27. The molecule has 0 aromatic carbocycles. The molecule has 2 aliphatic rings. The van der Waals surface area contributed by atoms with Gasteiger partial charge >= 0.3 is 0 Å². The van der Waals surface area contributed by atoms with Crippen molar-refractivity contribution in [1.82, 2.24) is 15.6 Å². The van der Waals surface area contributed by atoms with Gasteiger partial charge in [-0.15, -0.1) is 0 Å². The van der Waals surface area contributed by atoms with E-state index >= 15 is 0 Å². The van der Waals surface area contributed by atoms with Gasteiger partial charge in [0.2, 0.25) is 0 Å². The first-order chi connectivity index (χ1) is 12.3. The summed E-state index contributed by atoms with van der Waals surface area (Å²) in [6.07, 6.45) is 13.2. The smallest absolute Gasteiger partial charge is 0.191 e. The number of aliphatic imine (C=N–C) groups is 1. The fourth-order valence-electron chi connectivity index (χ4n) is 3.57. The van der Waals surface area contributed by atoms with Crippen LogP contribution < -0.4 is 15.5 Å². The van der Waals surface area contributed by atoms with Gasteiger partial charge in [-0.3, -0.25) is 4.99 Å². The zero-order valence-electron chi connectivity index (χ0n) is 15.4. The van der Waals surface area contributed by atoms with Crippen LogP contribution in [0.25, 0.3) is 0 Å². The van der Waals surface area contributed by atoms with Crippen molar-refractivity contribution in [2.24, 2.45) is 4.99 Å². The van der Waals surface area contributed by atoms with Crippen LogP contribution in [-0.4, -0.2) is 37.6 Å². The molecule has 0 spiro atoms. The molecule has 3 rings (SSSR count). The molecule has 0 radical (unpaired) electrons. The fourth-order valence-corrected chi connectivity index (χ4v) is 3.57. The minimum Gasteiger partial charge on any atom is -0.357 e. The summed E-state index contributed by atoms with van der Waals surface area (Å²) < 4.78 is 0. The Kier molecular flexibility index (Phi) is 6.71. The highest BCUT2D eigenvalue weighted by Crippen LogP contribution is 2.19. The molecule has 1 aromatic rings. The molecule has 1 aliphatic heterocycles. The van der Waals surface area contributed by atoms with Crippen molar-refractivity contribution in [1.29, 1.82) is 0 Å². The molecule has 5 heteroatoms. The number of nitrogens with zero attached hydrogens (tertiary/aromatic N) is 3. The molecule has 0 amide bonds. The van der Waals surface area contributed by atoms with Crippen LogP contribution in [0.3, 0.4) is 0 Å². The van der Waals surface area contributed by atoms with Gasteiger partial charge in [0.25, 0.3) is 0 Å². The van der Waals surface area contributed by atoms with Crippen LogP contribution in [0, 0.1) is 0 Å². The van der Waals surface area contributed by atoms with Gasteiger partial charge in [0.15, 0.2) is 5.96 Å². The van der Waals surface area contributed by atoms with Crippen molar-refractivity contribution in [3.05, 3.63) is 35.5 Å². The summed E-state index contributed by atoms with van der Waals surface area (Å²) in [5.74, 6) is 1.97. The van der Waals surface area contributed by atoms with Gasteiger partial charge in [-0.05, 0) is 62.6 Å². The van der Waals surface area contributed by atoms with E-state index in [4.69, 9.17) is 0 Å². The molecule has 1 fully saturated rings. The van der Waals surface area contributed by atoms with Gasteiger partial charge in [0, 0.05) is 39.4 Å². The van der Waals surface area contributed by atoms with E-state index in [-0.39, 0.29) is 0 Å². The van der Waals surface area contributed by atoms with E-state index < -0.39 is 0 Å². The molecule has 25 heavy (non-hydrogen) atoms. The molecule has 0 unspecified atom stereocenters. The number of nitrogens with one attached hydrogen (secondary N) is 2. The Morgan fingerprint density at radius 1 is 1.20 bits per heavy atom.